The van der Waals surface area contributed by atoms with Crippen molar-refractivity contribution in [2.24, 2.45) is 0 Å². The van der Waals surface area contributed by atoms with Crippen LogP contribution in [0.15, 0.2) is 0 Å². The van der Waals surface area contributed by atoms with Crippen molar-refractivity contribution < 1.29 is 0 Å². The highest BCUT2D eigenvalue weighted by Gasteiger charge is 2.21. The van der Waals surface area contributed by atoms with E-state index >= 15 is 0 Å². The molecule has 0 radical (unpaired) electrons. The maximum atomic E-state index is 2.41. The second-order valence-corrected chi connectivity index (χ2v) is 8.48. The van der Waals surface area contributed by atoms with Crippen LogP contribution >= 0.6 is 0 Å². The fourth-order valence-corrected chi connectivity index (χ4v) is 2.51. The zero-order valence-corrected chi connectivity index (χ0v) is 8.36. The second kappa shape index (κ2) is 3.37. The summed E-state index contributed by atoms with van der Waals surface area (Å²) in [5.41, 5.74) is 0. The molecule has 0 N–H and O–H groups in total. The van der Waals surface area contributed by atoms with Crippen LogP contribution in [0.2, 0.25) is 19.1 Å². The van der Waals surface area contributed by atoms with Gasteiger partial charge in [0.15, 0.2) is 0 Å². The molecular weight excluding hydrogens is 126 g/mol. The minimum absolute atomic E-state index is 0.947. The van der Waals surface area contributed by atoms with Gasteiger partial charge in [-0.25, -0.2) is 0 Å². The summed E-state index contributed by atoms with van der Waals surface area (Å²) in [4.78, 5) is 0. The van der Waals surface area contributed by atoms with Gasteiger partial charge in [-0.15, -0.1) is 0 Å². The monoisotopic (exact) mass is 145 g/mol. The molecule has 0 aliphatic carbocycles. The number of hydrogen-bond acceptors (Lipinski definition) is 1. The molecule has 0 aliphatic rings. The average molecular weight is 145 g/mol. The van der Waals surface area contributed by atoms with Crippen LogP contribution in [0.25, 0.3) is 0 Å². The molecule has 0 aromatic carbocycles. The quantitative estimate of drug-likeness (QED) is 0.550. The Bertz CT molecular complexity index is 79.0. The van der Waals surface area contributed by atoms with Crippen molar-refractivity contribution in [3.8, 4) is 0 Å². The van der Waals surface area contributed by atoms with E-state index in [1.54, 1.807) is 0 Å². The number of rotatable bonds is 3. The molecule has 0 saturated heterocycles. The molecule has 1 nitrogen and oxygen atoms in total. The summed E-state index contributed by atoms with van der Waals surface area (Å²) >= 11 is 0. The van der Waals surface area contributed by atoms with Gasteiger partial charge in [0.05, 0.1) is 0 Å². The highest BCUT2D eigenvalue weighted by molar-refractivity contribution is 6.74. The standard InChI is InChI=1S/C7H19NSi/c1-6-7-9(4,5)8(2)3/h6-7H2,1-5H3. The summed E-state index contributed by atoms with van der Waals surface area (Å²) in [7, 11) is 3.45. The molecular formula is C7H19NSi. The van der Waals surface area contributed by atoms with Crippen molar-refractivity contribution in [3.05, 3.63) is 0 Å². The zero-order valence-electron chi connectivity index (χ0n) is 7.36. The van der Waals surface area contributed by atoms with E-state index in [1.807, 2.05) is 0 Å². The molecule has 0 bridgehead atoms. The lowest BCUT2D eigenvalue weighted by molar-refractivity contribution is 0.614. The molecule has 0 rings (SSSR count). The van der Waals surface area contributed by atoms with Gasteiger partial charge in [-0.2, -0.15) is 0 Å². The van der Waals surface area contributed by atoms with Crippen molar-refractivity contribution >= 4 is 8.24 Å². The Balaban J connectivity index is 3.70. The topological polar surface area (TPSA) is 3.24 Å². The first-order valence-corrected chi connectivity index (χ1v) is 6.83. The molecule has 0 heterocycles. The Hall–Kier alpha value is 0.177. The van der Waals surface area contributed by atoms with Crippen molar-refractivity contribution in [1.29, 1.82) is 0 Å². The van der Waals surface area contributed by atoms with E-state index in [-0.39, 0.29) is 0 Å². The number of hydrogen-bond donors (Lipinski definition) is 0. The lowest BCUT2D eigenvalue weighted by Gasteiger charge is -2.29. The Morgan fingerprint density at radius 1 is 1.22 bits per heavy atom. The van der Waals surface area contributed by atoms with Crippen molar-refractivity contribution in [2.75, 3.05) is 14.1 Å². The van der Waals surface area contributed by atoms with E-state index in [9.17, 15) is 0 Å². The molecule has 0 atom stereocenters. The molecule has 0 saturated carbocycles. The molecule has 0 unspecified atom stereocenters. The normalized spacial score (nSPS) is 12.7. The molecule has 56 valence electrons. The van der Waals surface area contributed by atoms with Crippen LogP contribution in [0.5, 0.6) is 0 Å². The minimum Gasteiger partial charge on any atom is -0.329 e. The molecule has 0 aromatic heterocycles. The Morgan fingerprint density at radius 3 is 1.78 bits per heavy atom. The van der Waals surface area contributed by atoms with E-state index in [0.717, 1.165) is 0 Å². The van der Waals surface area contributed by atoms with Gasteiger partial charge < -0.3 is 4.57 Å². The first-order valence-electron chi connectivity index (χ1n) is 3.68. The highest BCUT2D eigenvalue weighted by Crippen LogP contribution is 2.12. The average Bonchev–Trinajstić information content (AvgIpc) is 1.65. The van der Waals surface area contributed by atoms with Gasteiger partial charge in [0, 0.05) is 0 Å². The van der Waals surface area contributed by atoms with Crippen LogP contribution in [0, 0.1) is 0 Å². The molecule has 0 fully saturated rings. The third kappa shape index (κ3) is 3.01. The fraction of sp³-hybridized carbons (Fsp3) is 1.00. The smallest absolute Gasteiger partial charge is 0.121 e. The van der Waals surface area contributed by atoms with Crippen molar-refractivity contribution in [1.82, 2.24) is 4.57 Å². The maximum absolute atomic E-state index is 2.41. The predicted octanol–water partition coefficient (Wildman–Crippen LogP) is 2.16. The lowest BCUT2D eigenvalue weighted by atomic mass is 10.6. The van der Waals surface area contributed by atoms with Gasteiger partial charge in [-0.05, 0) is 20.1 Å². The van der Waals surface area contributed by atoms with Crippen LogP contribution in [0.1, 0.15) is 13.3 Å². The third-order valence-electron chi connectivity index (χ3n) is 2.07. The maximum Gasteiger partial charge on any atom is 0.121 e. The van der Waals surface area contributed by atoms with E-state index in [4.69, 9.17) is 0 Å². The molecule has 0 spiro atoms. The predicted molar refractivity (Wildman–Crippen MR) is 46.3 cm³/mol. The van der Waals surface area contributed by atoms with E-state index in [2.05, 4.69) is 38.7 Å². The molecule has 9 heavy (non-hydrogen) atoms. The summed E-state index contributed by atoms with van der Waals surface area (Å²) in [6.45, 7) is 7.09. The van der Waals surface area contributed by atoms with Crippen LogP contribution in [-0.2, 0) is 0 Å². The first-order chi connectivity index (χ1) is 4.00. The van der Waals surface area contributed by atoms with Crippen molar-refractivity contribution in [3.63, 3.8) is 0 Å². The number of nitrogens with zero attached hydrogens (tertiary/aromatic N) is 1. The van der Waals surface area contributed by atoms with E-state index in [0.29, 0.717) is 0 Å². The zero-order chi connectivity index (χ0) is 7.49. The third-order valence-corrected chi connectivity index (χ3v) is 6.22. The summed E-state index contributed by atoms with van der Waals surface area (Å²) in [5.74, 6) is 0. The lowest BCUT2D eigenvalue weighted by Crippen LogP contribution is -2.42. The summed E-state index contributed by atoms with van der Waals surface area (Å²) < 4.78 is 2.41. The van der Waals surface area contributed by atoms with Gasteiger partial charge in [0.25, 0.3) is 0 Å². The molecule has 2 heteroatoms. The van der Waals surface area contributed by atoms with Gasteiger partial charge >= 0.3 is 0 Å². The SMILES string of the molecule is CCC[Si](C)(C)N(C)C. The van der Waals surface area contributed by atoms with Crippen LogP contribution in [-0.4, -0.2) is 26.9 Å². The first kappa shape index (κ1) is 9.18. The Morgan fingerprint density at radius 2 is 1.67 bits per heavy atom. The largest absolute Gasteiger partial charge is 0.329 e. The van der Waals surface area contributed by atoms with Crippen LogP contribution in [0.3, 0.4) is 0 Å². The molecule has 0 aliphatic heterocycles. The van der Waals surface area contributed by atoms with Gasteiger partial charge in [0.2, 0.25) is 0 Å². The fourth-order valence-electron chi connectivity index (χ4n) is 0.835. The molecule has 0 aromatic rings. The Labute approximate surface area is 60.1 Å². The Kier molecular flexibility index (Phi) is 3.44. The van der Waals surface area contributed by atoms with Crippen LogP contribution < -0.4 is 0 Å². The van der Waals surface area contributed by atoms with Gasteiger partial charge in [-0.3, -0.25) is 0 Å². The van der Waals surface area contributed by atoms with Gasteiger partial charge in [0.1, 0.15) is 8.24 Å². The summed E-state index contributed by atoms with van der Waals surface area (Å²) in [5, 5.41) is 0. The summed E-state index contributed by atoms with van der Waals surface area (Å²) in [6.07, 6.45) is 1.33. The van der Waals surface area contributed by atoms with Crippen molar-refractivity contribution in [2.45, 2.75) is 32.5 Å². The minimum atomic E-state index is -0.947. The second-order valence-electron chi connectivity index (χ2n) is 3.46. The van der Waals surface area contributed by atoms with E-state index in [1.165, 1.54) is 12.5 Å². The molecule has 0 amide bonds. The van der Waals surface area contributed by atoms with Gasteiger partial charge in [-0.1, -0.05) is 26.4 Å². The highest BCUT2D eigenvalue weighted by atomic mass is 28.3. The van der Waals surface area contributed by atoms with Crippen LogP contribution in [0.4, 0.5) is 0 Å². The van der Waals surface area contributed by atoms with E-state index < -0.39 is 8.24 Å². The summed E-state index contributed by atoms with van der Waals surface area (Å²) in [6, 6.07) is 1.42.